The first-order chi connectivity index (χ1) is 7.03. The van der Waals surface area contributed by atoms with Gasteiger partial charge in [0.25, 0.3) is 0 Å². The van der Waals surface area contributed by atoms with Gasteiger partial charge in [-0.3, -0.25) is 0 Å². The maximum atomic E-state index is 13.8. The molecule has 1 aromatic rings. The molecule has 0 aromatic heterocycles. The molecule has 1 N–H and O–H groups in total. The monoisotopic (exact) mass is 292 g/mol. The highest BCUT2D eigenvalue weighted by atomic mass is 79.9. The van der Waals surface area contributed by atoms with Gasteiger partial charge >= 0.3 is 0 Å². The number of hydrogen-bond donors (Lipinski definition) is 1. The van der Waals surface area contributed by atoms with Gasteiger partial charge in [0, 0.05) is 10.0 Å². The average molecular weight is 294 g/mol. The molecule has 1 fully saturated rings. The van der Waals surface area contributed by atoms with Crippen LogP contribution in [-0.2, 0) is 5.60 Å². The Morgan fingerprint density at radius 2 is 1.93 bits per heavy atom. The molecule has 1 saturated carbocycles. The summed E-state index contributed by atoms with van der Waals surface area (Å²) in [5.74, 6) is -0.496. The Bertz CT molecular complexity index is 388. The molecule has 2 rings (SSSR count). The van der Waals surface area contributed by atoms with Crippen molar-refractivity contribution >= 4 is 27.5 Å². The second-order valence-electron chi connectivity index (χ2n) is 3.99. The number of halogens is 3. The fourth-order valence-corrected chi connectivity index (χ4v) is 2.93. The highest BCUT2D eigenvalue weighted by molar-refractivity contribution is 9.10. The van der Waals surface area contributed by atoms with Gasteiger partial charge in [-0.1, -0.05) is 40.4 Å². The molecule has 0 radical (unpaired) electrons. The minimum atomic E-state index is -1.03. The van der Waals surface area contributed by atoms with Crippen molar-refractivity contribution < 1.29 is 9.50 Å². The van der Waals surface area contributed by atoms with E-state index in [1.807, 2.05) is 0 Å². The third-order valence-corrected chi connectivity index (χ3v) is 3.66. The molecule has 0 atom stereocenters. The minimum Gasteiger partial charge on any atom is -0.385 e. The lowest BCUT2D eigenvalue weighted by atomic mass is 9.92. The zero-order valence-corrected chi connectivity index (χ0v) is 10.4. The Kier molecular flexibility index (Phi) is 3.06. The van der Waals surface area contributed by atoms with Crippen molar-refractivity contribution in [2.24, 2.45) is 0 Å². The van der Waals surface area contributed by atoms with Gasteiger partial charge in [0.2, 0.25) is 0 Å². The number of hydrogen-bond acceptors (Lipinski definition) is 1. The Labute approximate surface area is 101 Å². The van der Waals surface area contributed by atoms with Crippen molar-refractivity contribution in [3.8, 4) is 0 Å². The second kappa shape index (κ2) is 4.04. The van der Waals surface area contributed by atoms with E-state index < -0.39 is 11.4 Å². The molecule has 0 spiro atoms. The van der Waals surface area contributed by atoms with Gasteiger partial charge in [0.1, 0.15) is 5.82 Å². The topological polar surface area (TPSA) is 20.2 Å². The highest BCUT2D eigenvalue weighted by Gasteiger charge is 2.36. The third-order valence-electron chi connectivity index (χ3n) is 2.93. The van der Waals surface area contributed by atoms with E-state index in [-0.39, 0.29) is 5.02 Å². The molecule has 1 aliphatic carbocycles. The molecule has 0 heterocycles. The number of rotatable bonds is 1. The summed E-state index contributed by atoms with van der Waals surface area (Å²) in [6.07, 6.45) is 3.08. The average Bonchev–Trinajstić information content (AvgIpc) is 2.59. The van der Waals surface area contributed by atoms with Gasteiger partial charge in [-0.05, 0) is 25.0 Å². The molecule has 1 aromatic carbocycles. The Hall–Kier alpha value is -0.120. The standard InChI is InChI=1S/C11H11BrClFO/c12-7-5-8(10(14)9(13)6-7)11(15)3-1-2-4-11/h5-6,15H,1-4H2. The van der Waals surface area contributed by atoms with Crippen LogP contribution in [0.2, 0.25) is 5.02 Å². The van der Waals surface area contributed by atoms with Crippen LogP contribution < -0.4 is 0 Å². The second-order valence-corrected chi connectivity index (χ2v) is 5.31. The van der Waals surface area contributed by atoms with Crippen LogP contribution in [0.25, 0.3) is 0 Å². The van der Waals surface area contributed by atoms with E-state index in [2.05, 4.69) is 15.9 Å². The van der Waals surface area contributed by atoms with Crippen molar-refractivity contribution in [2.75, 3.05) is 0 Å². The van der Waals surface area contributed by atoms with Crippen molar-refractivity contribution in [3.05, 3.63) is 33.0 Å². The van der Waals surface area contributed by atoms with Gasteiger partial charge in [-0.25, -0.2) is 4.39 Å². The molecule has 15 heavy (non-hydrogen) atoms. The Morgan fingerprint density at radius 1 is 1.33 bits per heavy atom. The van der Waals surface area contributed by atoms with E-state index in [1.165, 1.54) is 6.07 Å². The summed E-state index contributed by atoms with van der Waals surface area (Å²) in [5.41, 5.74) is -0.711. The molecule has 4 heteroatoms. The van der Waals surface area contributed by atoms with E-state index in [1.54, 1.807) is 6.07 Å². The lowest BCUT2D eigenvalue weighted by Crippen LogP contribution is -2.22. The van der Waals surface area contributed by atoms with Crippen molar-refractivity contribution in [2.45, 2.75) is 31.3 Å². The Morgan fingerprint density at radius 3 is 2.53 bits per heavy atom. The van der Waals surface area contributed by atoms with Gasteiger partial charge in [-0.2, -0.15) is 0 Å². The van der Waals surface area contributed by atoms with E-state index in [0.717, 1.165) is 12.8 Å². The van der Waals surface area contributed by atoms with Crippen LogP contribution >= 0.6 is 27.5 Å². The molecule has 0 aliphatic heterocycles. The van der Waals surface area contributed by atoms with Crippen molar-refractivity contribution in [3.63, 3.8) is 0 Å². The zero-order chi connectivity index (χ0) is 11.1. The van der Waals surface area contributed by atoms with Gasteiger partial charge in [0.15, 0.2) is 0 Å². The molecule has 1 nitrogen and oxygen atoms in total. The summed E-state index contributed by atoms with van der Waals surface area (Å²) < 4.78 is 14.5. The fourth-order valence-electron chi connectivity index (χ4n) is 2.12. The van der Waals surface area contributed by atoms with E-state index >= 15 is 0 Å². The van der Waals surface area contributed by atoms with Crippen LogP contribution in [0.4, 0.5) is 4.39 Å². The maximum absolute atomic E-state index is 13.8. The van der Waals surface area contributed by atoms with Crippen LogP contribution in [0.3, 0.4) is 0 Å². The lowest BCUT2D eigenvalue weighted by molar-refractivity contribution is 0.0407. The van der Waals surface area contributed by atoms with Crippen molar-refractivity contribution in [1.82, 2.24) is 0 Å². The first kappa shape index (κ1) is 11.4. The third kappa shape index (κ3) is 2.05. The zero-order valence-electron chi connectivity index (χ0n) is 8.06. The molecule has 82 valence electrons. The van der Waals surface area contributed by atoms with Crippen LogP contribution in [0, 0.1) is 5.82 Å². The SMILES string of the molecule is OC1(c2cc(Br)cc(Cl)c2F)CCCC1. The summed E-state index contributed by atoms with van der Waals surface area (Å²) in [5, 5.41) is 10.3. The molecule has 0 unspecified atom stereocenters. The molecule has 0 amide bonds. The molecule has 0 saturated heterocycles. The van der Waals surface area contributed by atoms with Crippen molar-refractivity contribution in [1.29, 1.82) is 0 Å². The summed E-state index contributed by atoms with van der Waals surface area (Å²) in [4.78, 5) is 0. The normalized spacial score (nSPS) is 19.5. The number of aliphatic hydroxyl groups is 1. The van der Waals surface area contributed by atoms with E-state index in [0.29, 0.717) is 22.9 Å². The molecular formula is C11H11BrClFO. The van der Waals surface area contributed by atoms with Crippen LogP contribution in [0.1, 0.15) is 31.2 Å². The van der Waals surface area contributed by atoms with Crippen LogP contribution in [-0.4, -0.2) is 5.11 Å². The van der Waals surface area contributed by atoms with Gasteiger partial charge in [-0.15, -0.1) is 0 Å². The van der Waals surface area contributed by atoms with E-state index in [4.69, 9.17) is 11.6 Å². The first-order valence-electron chi connectivity index (χ1n) is 4.90. The summed E-state index contributed by atoms with van der Waals surface area (Å²) >= 11 is 9.00. The van der Waals surface area contributed by atoms with Gasteiger partial charge < -0.3 is 5.11 Å². The summed E-state index contributed by atoms with van der Waals surface area (Å²) in [6, 6.07) is 3.12. The lowest BCUT2D eigenvalue weighted by Gasteiger charge is -2.23. The Balaban J connectivity index is 2.51. The first-order valence-corrected chi connectivity index (χ1v) is 6.07. The fraction of sp³-hybridized carbons (Fsp3) is 0.455. The molecule has 1 aliphatic rings. The number of benzene rings is 1. The minimum absolute atomic E-state index is 0.0553. The highest BCUT2D eigenvalue weighted by Crippen LogP contribution is 2.41. The summed E-state index contributed by atoms with van der Waals surface area (Å²) in [6.45, 7) is 0. The summed E-state index contributed by atoms with van der Waals surface area (Å²) in [7, 11) is 0. The largest absolute Gasteiger partial charge is 0.385 e. The predicted octanol–water partition coefficient (Wildman–Crippen LogP) is 4.00. The quantitative estimate of drug-likeness (QED) is 0.776. The van der Waals surface area contributed by atoms with Crippen LogP contribution in [0.15, 0.2) is 16.6 Å². The van der Waals surface area contributed by atoms with Crippen LogP contribution in [0.5, 0.6) is 0 Å². The predicted molar refractivity (Wildman–Crippen MR) is 61.5 cm³/mol. The maximum Gasteiger partial charge on any atom is 0.147 e. The molecule has 0 bridgehead atoms. The molecular weight excluding hydrogens is 282 g/mol. The smallest absolute Gasteiger partial charge is 0.147 e. The van der Waals surface area contributed by atoms with Gasteiger partial charge in [0.05, 0.1) is 10.6 Å². The van der Waals surface area contributed by atoms with E-state index in [9.17, 15) is 9.50 Å².